The van der Waals surface area contributed by atoms with Gasteiger partial charge < -0.3 is 15.4 Å². The van der Waals surface area contributed by atoms with E-state index in [2.05, 4.69) is 4.90 Å². The molecule has 0 saturated carbocycles. The van der Waals surface area contributed by atoms with Crippen LogP contribution in [0.5, 0.6) is 5.75 Å². The molecule has 90 valence electrons. The van der Waals surface area contributed by atoms with Crippen molar-refractivity contribution in [1.29, 1.82) is 0 Å². The highest BCUT2D eigenvalue weighted by atomic mass is 19.1. The van der Waals surface area contributed by atoms with E-state index in [0.717, 1.165) is 19.4 Å². The van der Waals surface area contributed by atoms with E-state index in [1.807, 2.05) is 14.1 Å². The monoisotopic (exact) mass is 226 g/mol. The third-order valence-electron chi connectivity index (χ3n) is 2.21. The Morgan fingerprint density at radius 3 is 2.69 bits per heavy atom. The molecule has 0 bridgehead atoms. The van der Waals surface area contributed by atoms with Crippen molar-refractivity contribution in [3.8, 4) is 5.75 Å². The van der Waals surface area contributed by atoms with Crippen LogP contribution < -0.4 is 10.5 Å². The predicted octanol–water partition coefficient (Wildman–Crippen LogP) is 2.13. The lowest BCUT2D eigenvalue weighted by molar-refractivity contribution is 0.281. The molecule has 0 aliphatic carbocycles. The number of nitrogens with zero attached hydrogens (tertiary/aromatic N) is 1. The third kappa shape index (κ3) is 4.49. The molecule has 0 atom stereocenters. The van der Waals surface area contributed by atoms with Crippen molar-refractivity contribution in [2.24, 2.45) is 0 Å². The minimum atomic E-state index is -0.396. The normalized spacial score (nSPS) is 10.8. The van der Waals surface area contributed by atoms with Gasteiger partial charge in [-0.1, -0.05) is 0 Å². The molecule has 0 fully saturated rings. The molecule has 1 rings (SSSR count). The predicted molar refractivity (Wildman–Crippen MR) is 64.1 cm³/mol. The summed E-state index contributed by atoms with van der Waals surface area (Å²) in [7, 11) is 4.06. The summed E-state index contributed by atoms with van der Waals surface area (Å²) in [4.78, 5) is 2.11. The van der Waals surface area contributed by atoms with Crippen molar-refractivity contribution in [2.45, 2.75) is 12.8 Å². The Bertz CT molecular complexity index is 329. The minimum absolute atomic E-state index is 0.277. The molecule has 1 aromatic rings. The largest absolute Gasteiger partial charge is 0.491 e. The zero-order valence-corrected chi connectivity index (χ0v) is 9.87. The molecule has 0 aromatic heterocycles. The van der Waals surface area contributed by atoms with Crippen LogP contribution in [0.1, 0.15) is 12.8 Å². The van der Waals surface area contributed by atoms with Gasteiger partial charge in [0.05, 0.1) is 6.61 Å². The van der Waals surface area contributed by atoms with Gasteiger partial charge in [-0.15, -0.1) is 0 Å². The van der Waals surface area contributed by atoms with E-state index in [9.17, 15) is 4.39 Å². The molecule has 16 heavy (non-hydrogen) atoms. The minimum Gasteiger partial charge on any atom is -0.491 e. The maximum absolute atomic E-state index is 13.3. The Labute approximate surface area is 96.0 Å². The second-order valence-corrected chi connectivity index (χ2v) is 4.05. The molecule has 0 radical (unpaired) electrons. The van der Waals surface area contributed by atoms with Crippen molar-refractivity contribution >= 4 is 5.69 Å². The summed E-state index contributed by atoms with van der Waals surface area (Å²) in [6, 6.07) is 4.48. The third-order valence-corrected chi connectivity index (χ3v) is 2.21. The van der Waals surface area contributed by atoms with Crippen LogP contribution in [0.2, 0.25) is 0 Å². The van der Waals surface area contributed by atoms with Gasteiger partial charge in [0.2, 0.25) is 0 Å². The van der Waals surface area contributed by atoms with E-state index >= 15 is 0 Å². The first-order valence-electron chi connectivity index (χ1n) is 5.42. The number of benzene rings is 1. The zero-order valence-electron chi connectivity index (χ0n) is 9.87. The molecule has 0 unspecified atom stereocenters. The van der Waals surface area contributed by atoms with E-state index in [1.165, 1.54) is 6.07 Å². The highest BCUT2D eigenvalue weighted by Crippen LogP contribution is 2.19. The van der Waals surface area contributed by atoms with Crippen LogP contribution in [-0.4, -0.2) is 32.1 Å². The number of ether oxygens (including phenoxy) is 1. The number of hydrogen-bond donors (Lipinski definition) is 1. The Morgan fingerprint density at radius 1 is 1.31 bits per heavy atom. The Kier molecular flexibility index (Phi) is 5.05. The molecule has 0 saturated heterocycles. The van der Waals surface area contributed by atoms with Gasteiger partial charge in [0.1, 0.15) is 0 Å². The van der Waals surface area contributed by atoms with Crippen LogP contribution in [0, 0.1) is 5.82 Å². The SMILES string of the molecule is CN(C)CCCCOc1ccc(N)cc1F. The number of hydrogen-bond acceptors (Lipinski definition) is 3. The van der Waals surface area contributed by atoms with Crippen LogP contribution in [0.25, 0.3) is 0 Å². The molecule has 1 aromatic carbocycles. The first-order valence-corrected chi connectivity index (χ1v) is 5.42. The molecule has 0 amide bonds. The van der Waals surface area contributed by atoms with Crippen LogP contribution >= 0.6 is 0 Å². The van der Waals surface area contributed by atoms with Gasteiger partial charge in [0.15, 0.2) is 11.6 Å². The fourth-order valence-electron chi connectivity index (χ4n) is 1.35. The number of anilines is 1. The maximum Gasteiger partial charge on any atom is 0.167 e. The van der Waals surface area contributed by atoms with E-state index in [4.69, 9.17) is 10.5 Å². The van der Waals surface area contributed by atoms with E-state index in [0.29, 0.717) is 12.3 Å². The summed E-state index contributed by atoms with van der Waals surface area (Å²) in [6.45, 7) is 1.56. The van der Waals surface area contributed by atoms with Crippen LogP contribution in [0.4, 0.5) is 10.1 Å². The van der Waals surface area contributed by atoms with Gasteiger partial charge in [-0.05, 0) is 45.6 Å². The summed E-state index contributed by atoms with van der Waals surface area (Å²) < 4.78 is 18.6. The molecule has 4 heteroatoms. The quantitative estimate of drug-likeness (QED) is 0.596. The smallest absolute Gasteiger partial charge is 0.167 e. The van der Waals surface area contributed by atoms with E-state index < -0.39 is 5.82 Å². The second kappa shape index (κ2) is 6.33. The highest BCUT2D eigenvalue weighted by molar-refractivity contribution is 5.42. The Morgan fingerprint density at radius 2 is 2.06 bits per heavy atom. The number of nitrogens with two attached hydrogens (primary N) is 1. The zero-order chi connectivity index (χ0) is 12.0. The highest BCUT2D eigenvalue weighted by Gasteiger charge is 2.02. The van der Waals surface area contributed by atoms with Gasteiger partial charge >= 0.3 is 0 Å². The molecular weight excluding hydrogens is 207 g/mol. The summed E-state index contributed by atoms with van der Waals surface area (Å²) >= 11 is 0. The lowest BCUT2D eigenvalue weighted by Crippen LogP contribution is -2.13. The van der Waals surface area contributed by atoms with E-state index in [-0.39, 0.29) is 5.75 Å². The van der Waals surface area contributed by atoms with Gasteiger partial charge in [-0.2, -0.15) is 0 Å². The molecule has 0 aliphatic heterocycles. The van der Waals surface area contributed by atoms with Gasteiger partial charge in [0.25, 0.3) is 0 Å². The Balaban J connectivity index is 2.27. The van der Waals surface area contributed by atoms with Crippen molar-refractivity contribution in [1.82, 2.24) is 4.90 Å². The van der Waals surface area contributed by atoms with Crippen molar-refractivity contribution in [3.05, 3.63) is 24.0 Å². The maximum atomic E-state index is 13.3. The lowest BCUT2D eigenvalue weighted by Gasteiger charge is -2.10. The fraction of sp³-hybridized carbons (Fsp3) is 0.500. The average molecular weight is 226 g/mol. The molecule has 0 heterocycles. The number of rotatable bonds is 6. The second-order valence-electron chi connectivity index (χ2n) is 4.05. The summed E-state index contributed by atoms with van der Waals surface area (Å²) in [6.07, 6.45) is 1.96. The van der Waals surface area contributed by atoms with Gasteiger partial charge in [-0.25, -0.2) is 4.39 Å². The molecule has 2 N–H and O–H groups in total. The summed E-state index contributed by atoms with van der Waals surface area (Å²) in [5, 5.41) is 0. The van der Waals surface area contributed by atoms with Gasteiger partial charge in [0, 0.05) is 11.8 Å². The molecular formula is C12H19FN2O. The lowest BCUT2D eigenvalue weighted by atomic mass is 10.3. The number of nitrogen functional groups attached to an aromatic ring is 1. The molecule has 0 aliphatic rings. The first kappa shape index (κ1) is 12.8. The summed E-state index contributed by atoms with van der Waals surface area (Å²) in [5.74, 6) is -0.119. The summed E-state index contributed by atoms with van der Waals surface area (Å²) in [5.41, 5.74) is 5.85. The topological polar surface area (TPSA) is 38.5 Å². The first-order chi connectivity index (χ1) is 7.59. The van der Waals surface area contributed by atoms with Crippen molar-refractivity contribution < 1.29 is 9.13 Å². The molecule has 3 nitrogen and oxygen atoms in total. The van der Waals surface area contributed by atoms with Gasteiger partial charge in [-0.3, -0.25) is 0 Å². The Hall–Kier alpha value is -1.29. The van der Waals surface area contributed by atoms with Crippen molar-refractivity contribution in [2.75, 3.05) is 33.0 Å². The van der Waals surface area contributed by atoms with Crippen LogP contribution in [0.15, 0.2) is 18.2 Å². The van der Waals surface area contributed by atoms with Crippen LogP contribution in [0.3, 0.4) is 0 Å². The fourth-order valence-corrected chi connectivity index (χ4v) is 1.35. The van der Waals surface area contributed by atoms with Crippen LogP contribution in [-0.2, 0) is 0 Å². The average Bonchev–Trinajstić information content (AvgIpc) is 2.20. The molecule has 0 spiro atoms. The number of halogens is 1. The van der Waals surface area contributed by atoms with Crippen molar-refractivity contribution in [3.63, 3.8) is 0 Å². The standard InChI is InChI=1S/C12H19FN2O/c1-15(2)7-3-4-8-16-12-6-5-10(14)9-11(12)13/h5-6,9H,3-4,7-8,14H2,1-2H3. The number of unbranched alkanes of at least 4 members (excludes halogenated alkanes) is 1. The van der Waals surface area contributed by atoms with E-state index in [1.54, 1.807) is 12.1 Å².